The summed E-state index contributed by atoms with van der Waals surface area (Å²) in [5.74, 6) is 0. The first-order chi connectivity index (χ1) is 11.7. The molecule has 0 nitrogen and oxygen atoms in total. The van der Waals surface area contributed by atoms with Gasteiger partial charge in [-0.3, -0.25) is 0 Å². The first-order valence-corrected chi connectivity index (χ1v) is 9.03. The van der Waals surface area contributed by atoms with Gasteiger partial charge < -0.3 is 0 Å². The Kier molecular flexibility index (Phi) is 2.83. The second kappa shape index (κ2) is 4.83. The number of rotatable bonds is 0. The first kappa shape index (κ1) is 14.0. The Morgan fingerprint density at radius 1 is 0.875 bits per heavy atom. The summed E-state index contributed by atoms with van der Waals surface area (Å²) >= 11 is 0. The second-order valence-electron chi connectivity index (χ2n) is 7.48. The van der Waals surface area contributed by atoms with Crippen molar-refractivity contribution in [1.29, 1.82) is 0 Å². The third-order valence-corrected chi connectivity index (χ3v) is 6.00. The first-order valence-electron chi connectivity index (χ1n) is 9.03. The highest BCUT2D eigenvalue weighted by Crippen LogP contribution is 2.56. The second-order valence-corrected chi connectivity index (χ2v) is 7.48. The van der Waals surface area contributed by atoms with E-state index >= 15 is 0 Å². The van der Waals surface area contributed by atoms with E-state index in [4.69, 9.17) is 0 Å². The van der Waals surface area contributed by atoms with Crippen LogP contribution >= 0.6 is 0 Å². The van der Waals surface area contributed by atoms with E-state index in [2.05, 4.69) is 74.5 Å². The van der Waals surface area contributed by atoms with Gasteiger partial charge in [0.1, 0.15) is 0 Å². The zero-order valence-electron chi connectivity index (χ0n) is 14.4. The van der Waals surface area contributed by atoms with Gasteiger partial charge in [-0.05, 0) is 71.7 Å². The number of fused-ring (bicyclic) bond motifs is 7. The molecule has 1 spiro atoms. The van der Waals surface area contributed by atoms with Crippen molar-refractivity contribution in [2.75, 3.05) is 0 Å². The zero-order valence-corrected chi connectivity index (χ0v) is 14.4. The summed E-state index contributed by atoms with van der Waals surface area (Å²) in [6.45, 7) is 4.48. The molecule has 3 aromatic rings. The Morgan fingerprint density at radius 2 is 1.71 bits per heavy atom. The van der Waals surface area contributed by atoms with Gasteiger partial charge in [0.25, 0.3) is 0 Å². The number of aryl methyl sites for hydroxylation is 2. The van der Waals surface area contributed by atoms with Crippen LogP contribution in [0.1, 0.15) is 41.5 Å². The molecular weight excluding hydrogens is 288 g/mol. The quantitative estimate of drug-likeness (QED) is 0.418. The molecule has 118 valence electrons. The maximum atomic E-state index is 2.49. The SMILES string of the molecule is Cc1ccc2c(c1)C1(C=CCCC1)c1cc(C)c3ccccc3c1-2. The van der Waals surface area contributed by atoms with E-state index in [0.29, 0.717) is 0 Å². The molecule has 3 aromatic carbocycles. The van der Waals surface area contributed by atoms with Gasteiger partial charge in [-0.2, -0.15) is 0 Å². The molecule has 0 radical (unpaired) electrons. The van der Waals surface area contributed by atoms with Crippen molar-refractivity contribution in [3.05, 3.63) is 82.9 Å². The van der Waals surface area contributed by atoms with E-state index in [1.165, 1.54) is 63.4 Å². The Hall–Kier alpha value is -2.34. The lowest BCUT2D eigenvalue weighted by molar-refractivity contribution is 0.540. The van der Waals surface area contributed by atoms with Gasteiger partial charge in [0.05, 0.1) is 0 Å². The van der Waals surface area contributed by atoms with Crippen molar-refractivity contribution >= 4 is 10.8 Å². The Labute approximate surface area is 143 Å². The van der Waals surface area contributed by atoms with Gasteiger partial charge in [-0.25, -0.2) is 0 Å². The van der Waals surface area contributed by atoms with Gasteiger partial charge in [0, 0.05) is 5.41 Å². The van der Waals surface area contributed by atoms with Crippen molar-refractivity contribution in [2.45, 2.75) is 38.5 Å². The molecule has 1 atom stereocenters. The lowest BCUT2D eigenvalue weighted by Crippen LogP contribution is -2.24. The summed E-state index contributed by atoms with van der Waals surface area (Å²) < 4.78 is 0. The summed E-state index contributed by atoms with van der Waals surface area (Å²) in [6, 6.07) is 18.4. The molecule has 0 heteroatoms. The van der Waals surface area contributed by atoms with Crippen LogP contribution in [0.5, 0.6) is 0 Å². The van der Waals surface area contributed by atoms with E-state index in [9.17, 15) is 0 Å². The van der Waals surface area contributed by atoms with E-state index < -0.39 is 0 Å². The van der Waals surface area contributed by atoms with Crippen LogP contribution < -0.4 is 0 Å². The molecule has 2 aliphatic rings. The molecule has 0 bridgehead atoms. The average Bonchev–Trinajstić information content (AvgIpc) is 2.86. The van der Waals surface area contributed by atoms with Crippen molar-refractivity contribution < 1.29 is 0 Å². The van der Waals surface area contributed by atoms with Crippen molar-refractivity contribution in [1.82, 2.24) is 0 Å². The topological polar surface area (TPSA) is 0 Å². The molecule has 0 fully saturated rings. The van der Waals surface area contributed by atoms with Crippen molar-refractivity contribution in [2.24, 2.45) is 0 Å². The summed E-state index contributed by atoms with van der Waals surface area (Å²) in [6.07, 6.45) is 8.61. The minimum atomic E-state index is 0.0870. The zero-order chi connectivity index (χ0) is 16.3. The van der Waals surface area contributed by atoms with Crippen molar-refractivity contribution in [3.8, 4) is 11.1 Å². The van der Waals surface area contributed by atoms with E-state index in [0.717, 1.165) is 0 Å². The minimum absolute atomic E-state index is 0.0870. The number of hydrogen-bond donors (Lipinski definition) is 0. The lowest BCUT2D eigenvalue weighted by atomic mass is 9.71. The van der Waals surface area contributed by atoms with Gasteiger partial charge >= 0.3 is 0 Å². The number of hydrogen-bond acceptors (Lipinski definition) is 0. The maximum Gasteiger partial charge on any atom is 0.0394 e. The van der Waals surface area contributed by atoms with Crippen LogP contribution in [0.25, 0.3) is 21.9 Å². The summed E-state index contributed by atoms with van der Waals surface area (Å²) in [7, 11) is 0. The third kappa shape index (κ3) is 1.69. The average molecular weight is 310 g/mol. The van der Waals surface area contributed by atoms with E-state index in [1.807, 2.05) is 0 Å². The van der Waals surface area contributed by atoms with Gasteiger partial charge in [-0.15, -0.1) is 0 Å². The highest BCUT2D eigenvalue weighted by atomic mass is 14.4. The maximum absolute atomic E-state index is 2.49. The molecule has 5 rings (SSSR count). The van der Waals surface area contributed by atoms with E-state index in [-0.39, 0.29) is 5.41 Å². The van der Waals surface area contributed by atoms with Crippen LogP contribution in [-0.4, -0.2) is 0 Å². The highest BCUT2D eigenvalue weighted by Gasteiger charge is 2.42. The number of allylic oxidation sites excluding steroid dienone is 2. The highest BCUT2D eigenvalue weighted by molar-refractivity contribution is 6.04. The van der Waals surface area contributed by atoms with Crippen LogP contribution in [0.4, 0.5) is 0 Å². The largest absolute Gasteiger partial charge is 0.0873 e. The van der Waals surface area contributed by atoms with Gasteiger partial charge in [-0.1, -0.05) is 66.2 Å². The predicted octanol–water partition coefficient (Wildman–Crippen LogP) is 6.46. The van der Waals surface area contributed by atoms with Crippen LogP contribution in [0, 0.1) is 13.8 Å². The fourth-order valence-corrected chi connectivity index (χ4v) is 4.90. The lowest BCUT2D eigenvalue weighted by Gasteiger charge is -2.32. The molecule has 0 aromatic heterocycles. The molecule has 24 heavy (non-hydrogen) atoms. The van der Waals surface area contributed by atoms with Crippen LogP contribution in [0.3, 0.4) is 0 Å². The Balaban J connectivity index is 1.98. The Bertz CT molecular complexity index is 1010. The molecule has 0 heterocycles. The molecular formula is C24H22. The smallest absolute Gasteiger partial charge is 0.0394 e. The summed E-state index contributed by atoms with van der Waals surface area (Å²) in [5, 5.41) is 2.80. The fourth-order valence-electron chi connectivity index (χ4n) is 4.90. The predicted molar refractivity (Wildman–Crippen MR) is 103 cm³/mol. The summed E-state index contributed by atoms with van der Waals surface area (Å²) in [4.78, 5) is 0. The molecule has 0 N–H and O–H groups in total. The summed E-state index contributed by atoms with van der Waals surface area (Å²) in [5.41, 5.74) is 8.80. The standard InChI is InChI=1S/C24H22/c1-16-10-11-20-21(14-16)24(12-6-3-7-13-24)22-15-17(2)18-8-4-5-9-19(18)23(20)22/h4-6,8-12,14-15H,3,7,13H2,1-2H3. The molecule has 0 aliphatic heterocycles. The Morgan fingerprint density at radius 3 is 2.50 bits per heavy atom. The minimum Gasteiger partial charge on any atom is -0.0873 e. The normalized spacial score (nSPS) is 21.2. The van der Waals surface area contributed by atoms with E-state index in [1.54, 1.807) is 0 Å². The molecule has 0 amide bonds. The van der Waals surface area contributed by atoms with Gasteiger partial charge in [0.15, 0.2) is 0 Å². The van der Waals surface area contributed by atoms with Crippen LogP contribution in [0.15, 0.2) is 60.7 Å². The van der Waals surface area contributed by atoms with Crippen LogP contribution in [-0.2, 0) is 5.41 Å². The monoisotopic (exact) mass is 310 g/mol. The molecule has 2 aliphatic carbocycles. The van der Waals surface area contributed by atoms with Crippen LogP contribution in [0.2, 0.25) is 0 Å². The number of benzene rings is 3. The van der Waals surface area contributed by atoms with Crippen molar-refractivity contribution in [3.63, 3.8) is 0 Å². The third-order valence-electron chi connectivity index (χ3n) is 6.00. The molecule has 1 unspecified atom stereocenters. The van der Waals surface area contributed by atoms with Gasteiger partial charge in [0.2, 0.25) is 0 Å². The molecule has 0 saturated carbocycles. The molecule has 0 saturated heterocycles. The fraction of sp³-hybridized carbons (Fsp3) is 0.250.